The highest BCUT2D eigenvalue weighted by Gasteiger charge is 2.21. The molecule has 3 heteroatoms. The van der Waals surface area contributed by atoms with Crippen LogP contribution in [0.1, 0.15) is 25.3 Å². The van der Waals surface area contributed by atoms with E-state index in [0.717, 1.165) is 18.7 Å². The third-order valence-corrected chi connectivity index (χ3v) is 2.84. The topological polar surface area (TPSA) is 40.5 Å². The van der Waals surface area contributed by atoms with Gasteiger partial charge in [-0.25, -0.2) is 0 Å². The number of carboxylic acids is 1. The Morgan fingerprint density at radius 2 is 1.81 bits per heavy atom. The molecule has 0 saturated carbocycles. The third-order valence-electron chi connectivity index (χ3n) is 2.84. The highest BCUT2D eigenvalue weighted by atomic mass is 16.4. The van der Waals surface area contributed by atoms with E-state index in [-0.39, 0.29) is 0 Å². The van der Waals surface area contributed by atoms with Crippen molar-refractivity contribution in [1.82, 2.24) is 4.90 Å². The van der Waals surface area contributed by atoms with Crippen molar-refractivity contribution in [3.63, 3.8) is 0 Å². The lowest BCUT2D eigenvalue weighted by atomic mass is 9.99. The lowest BCUT2D eigenvalue weighted by molar-refractivity contribution is -0.139. The fourth-order valence-electron chi connectivity index (χ4n) is 1.75. The smallest absolute Gasteiger partial charge is 0.312 e. The lowest BCUT2D eigenvalue weighted by Crippen LogP contribution is -2.31. The van der Waals surface area contributed by atoms with Gasteiger partial charge in [0.15, 0.2) is 0 Å². The fourth-order valence-corrected chi connectivity index (χ4v) is 1.75. The van der Waals surface area contributed by atoms with Crippen LogP contribution in [0.5, 0.6) is 0 Å². The van der Waals surface area contributed by atoms with Gasteiger partial charge >= 0.3 is 5.97 Å². The number of carbonyl (C=O) groups is 1. The molecule has 0 aliphatic rings. The minimum atomic E-state index is -0.752. The summed E-state index contributed by atoms with van der Waals surface area (Å²) in [6.07, 6.45) is 0. The van der Waals surface area contributed by atoms with E-state index in [1.807, 2.05) is 44.2 Å². The summed E-state index contributed by atoms with van der Waals surface area (Å²) in [4.78, 5) is 13.4. The molecule has 0 unspecified atom stereocenters. The second kappa shape index (κ2) is 6.28. The monoisotopic (exact) mass is 221 g/mol. The van der Waals surface area contributed by atoms with Gasteiger partial charge in [0.1, 0.15) is 0 Å². The number of likely N-dealkylation sites (N-methyl/N-ethyl adjacent to an activating group) is 1. The van der Waals surface area contributed by atoms with Crippen LogP contribution in [0.3, 0.4) is 0 Å². The molecule has 0 aliphatic carbocycles. The van der Waals surface area contributed by atoms with Crippen molar-refractivity contribution in [2.45, 2.75) is 19.8 Å². The molecule has 1 rings (SSSR count). The Morgan fingerprint density at radius 3 is 2.25 bits per heavy atom. The Balaban J connectivity index is 2.80. The first-order valence-corrected chi connectivity index (χ1v) is 5.69. The molecule has 3 nitrogen and oxygen atoms in total. The number of carboxylic acid groups (broad SMARTS) is 1. The average molecular weight is 221 g/mol. The molecule has 0 heterocycles. The van der Waals surface area contributed by atoms with Gasteiger partial charge in [0, 0.05) is 6.54 Å². The maximum atomic E-state index is 11.2. The maximum absolute atomic E-state index is 11.2. The largest absolute Gasteiger partial charge is 0.481 e. The molecule has 1 aromatic carbocycles. The first-order valence-electron chi connectivity index (χ1n) is 5.69. The molecule has 0 fully saturated rings. The summed E-state index contributed by atoms with van der Waals surface area (Å²) < 4.78 is 0. The summed E-state index contributed by atoms with van der Waals surface area (Å²) in [5.41, 5.74) is 0.877. The molecule has 0 radical (unpaired) electrons. The van der Waals surface area contributed by atoms with E-state index in [4.69, 9.17) is 0 Å². The molecular formula is C13H19NO2. The van der Waals surface area contributed by atoms with E-state index in [9.17, 15) is 9.90 Å². The summed E-state index contributed by atoms with van der Waals surface area (Å²) >= 11 is 0. The van der Waals surface area contributed by atoms with E-state index in [2.05, 4.69) is 4.90 Å². The molecule has 0 amide bonds. The highest BCUT2D eigenvalue weighted by molar-refractivity contribution is 5.76. The Kier molecular flexibility index (Phi) is 4.99. The predicted molar refractivity (Wildman–Crippen MR) is 64.6 cm³/mol. The minimum absolute atomic E-state index is 0.430. The van der Waals surface area contributed by atoms with Crippen molar-refractivity contribution < 1.29 is 9.90 Å². The number of hydrogen-bond acceptors (Lipinski definition) is 2. The van der Waals surface area contributed by atoms with Crippen LogP contribution in [-0.4, -0.2) is 35.6 Å². The summed E-state index contributed by atoms with van der Waals surface area (Å²) in [5, 5.41) is 9.24. The van der Waals surface area contributed by atoms with Gasteiger partial charge in [-0.05, 0) is 18.7 Å². The molecule has 0 aliphatic heterocycles. The van der Waals surface area contributed by atoms with Gasteiger partial charge < -0.3 is 10.0 Å². The third kappa shape index (κ3) is 3.35. The quantitative estimate of drug-likeness (QED) is 0.800. The van der Waals surface area contributed by atoms with Gasteiger partial charge in [-0.1, -0.05) is 44.2 Å². The van der Waals surface area contributed by atoms with E-state index in [1.165, 1.54) is 0 Å². The predicted octanol–water partition coefficient (Wildman–Crippen LogP) is 2.20. The van der Waals surface area contributed by atoms with Crippen LogP contribution < -0.4 is 0 Å². The van der Waals surface area contributed by atoms with E-state index >= 15 is 0 Å². The summed E-state index contributed by atoms with van der Waals surface area (Å²) in [7, 11) is 0. The van der Waals surface area contributed by atoms with Crippen LogP contribution in [0.15, 0.2) is 30.3 Å². The summed E-state index contributed by atoms with van der Waals surface area (Å²) in [6, 6.07) is 9.42. The van der Waals surface area contributed by atoms with E-state index in [1.54, 1.807) is 0 Å². The number of benzene rings is 1. The molecule has 0 saturated heterocycles. The standard InChI is InChI=1S/C13H19NO2/c1-3-14(4-2)10-12(13(15)16)11-8-6-5-7-9-11/h5-9,12H,3-4,10H2,1-2H3,(H,15,16)/t12-/m0/s1. The van der Waals surface area contributed by atoms with Crippen LogP contribution in [0.2, 0.25) is 0 Å². The second-order valence-corrected chi connectivity index (χ2v) is 3.79. The molecule has 16 heavy (non-hydrogen) atoms. The Hall–Kier alpha value is -1.35. The lowest BCUT2D eigenvalue weighted by Gasteiger charge is -2.22. The van der Waals surface area contributed by atoms with Crippen molar-refractivity contribution in [1.29, 1.82) is 0 Å². The van der Waals surface area contributed by atoms with Crippen molar-refractivity contribution in [2.24, 2.45) is 0 Å². The first-order chi connectivity index (χ1) is 7.69. The van der Waals surface area contributed by atoms with Crippen LogP contribution in [-0.2, 0) is 4.79 Å². The second-order valence-electron chi connectivity index (χ2n) is 3.79. The first kappa shape index (κ1) is 12.7. The van der Waals surface area contributed by atoms with Crippen LogP contribution >= 0.6 is 0 Å². The molecule has 1 N–H and O–H groups in total. The van der Waals surface area contributed by atoms with Gasteiger partial charge in [0.2, 0.25) is 0 Å². The Morgan fingerprint density at radius 1 is 1.25 bits per heavy atom. The highest BCUT2D eigenvalue weighted by Crippen LogP contribution is 2.17. The van der Waals surface area contributed by atoms with E-state index in [0.29, 0.717) is 6.54 Å². The maximum Gasteiger partial charge on any atom is 0.312 e. The normalized spacial score (nSPS) is 12.7. The van der Waals surface area contributed by atoms with Gasteiger partial charge in [-0.15, -0.1) is 0 Å². The zero-order valence-electron chi connectivity index (χ0n) is 9.89. The number of rotatable bonds is 6. The van der Waals surface area contributed by atoms with E-state index < -0.39 is 11.9 Å². The zero-order valence-corrected chi connectivity index (χ0v) is 9.89. The number of hydrogen-bond donors (Lipinski definition) is 1. The van der Waals surface area contributed by atoms with Gasteiger partial charge in [0.25, 0.3) is 0 Å². The van der Waals surface area contributed by atoms with Crippen molar-refractivity contribution in [3.05, 3.63) is 35.9 Å². The summed E-state index contributed by atoms with van der Waals surface area (Å²) in [5.74, 6) is -1.18. The molecule has 0 bridgehead atoms. The molecule has 0 spiro atoms. The Labute approximate surface area is 96.7 Å². The summed E-state index contributed by atoms with van der Waals surface area (Å²) in [6.45, 7) is 6.44. The average Bonchev–Trinajstić information content (AvgIpc) is 2.31. The molecule has 1 atom stereocenters. The Bertz CT molecular complexity index is 320. The molecule has 1 aromatic rings. The molecule has 0 aromatic heterocycles. The SMILES string of the molecule is CCN(CC)C[C@H](C(=O)O)c1ccccc1. The van der Waals surface area contributed by atoms with Crippen molar-refractivity contribution in [3.8, 4) is 0 Å². The fraction of sp³-hybridized carbons (Fsp3) is 0.462. The number of aliphatic carboxylic acids is 1. The molecular weight excluding hydrogens is 202 g/mol. The van der Waals surface area contributed by atoms with Gasteiger partial charge in [-0.3, -0.25) is 4.79 Å². The van der Waals surface area contributed by atoms with Crippen molar-refractivity contribution >= 4 is 5.97 Å². The molecule has 88 valence electrons. The van der Waals surface area contributed by atoms with Crippen LogP contribution in [0, 0.1) is 0 Å². The number of nitrogens with zero attached hydrogens (tertiary/aromatic N) is 1. The van der Waals surface area contributed by atoms with Gasteiger partial charge in [-0.2, -0.15) is 0 Å². The van der Waals surface area contributed by atoms with Crippen LogP contribution in [0.25, 0.3) is 0 Å². The minimum Gasteiger partial charge on any atom is -0.481 e. The van der Waals surface area contributed by atoms with Crippen molar-refractivity contribution in [2.75, 3.05) is 19.6 Å². The zero-order chi connectivity index (χ0) is 12.0. The van der Waals surface area contributed by atoms with Crippen LogP contribution in [0.4, 0.5) is 0 Å². The van der Waals surface area contributed by atoms with Gasteiger partial charge in [0.05, 0.1) is 5.92 Å².